The number of urea groups is 1. The molecule has 2 rings (SSSR count). The lowest BCUT2D eigenvalue weighted by molar-refractivity contribution is 0.262. The van der Waals surface area contributed by atoms with E-state index in [-0.39, 0.29) is 6.03 Å². The highest BCUT2D eigenvalue weighted by molar-refractivity contribution is 6.01. The Morgan fingerprint density at radius 1 is 0.947 bits per heavy atom. The number of nitrogens with one attached hydrogen (secondary N) is 2. The largest absolute Gasteiger partial charge is 0.495 e. The van der Waals surface area contributed by atoms with E-state index in [9.17, 15) is 4.79 Å². The average Bonchev–Trinajstić information content (AvgIpc) is 2.42. The minimum absolute atomic E-state index is 0.293. The number of ether oxygens (including phenoxy) is 1. The predicted octanol–water partition coefficient (Wildman–Crippen LogP) is 3.65. The summed E-state index contributed by atoms with van der Waals surface area (Å²) in [6, 6.07) is 14.6. The van der Waals surface area contributed by atoms with E-state index in [2.05, 4.69) is 10.6 Å². The lowest BCUT2D eigenvalue weighted by atomic mass is 10.2. The number of carbonyl (C=O) groups is 1. The number of para-hydroxylation sites is 3. The van der Waals surface area contributed by atoms with Gasteiger partial charge in [-0.2, -0.15) is 0 Å². The van der Waals surface area contributed by atoms with Gasteiger partial charge >= 0.3 is 6.03 Å². The first kappa shape index (κ1) is 13.0. The smallest absolute Gasteiger partial charge is 0.323 e. The van der Waals surface area contributed by atoms with Crippen molar-refractivity contribution in [1.29, 1.82) is 0 Å². The second kappa shape index (κ2) is 5.91. The zero-order valence-electron chi connectivity index (χ0n) is 10.9. The van der Waals surface area contributed by atoms with Gasteiger partial charge in [0.2, 0.25) is 0 Å². The minimum atomic E-state index is -0.293. The van der Waals surface area contributed by atoms with Gasteiger partial charge in [0.1, 0.15) is 5.75 Å². The summed E-state index contributed by atoms with van der Waals surface area (Å²) in [5.41, 5.74) is 2.43. The number of rotatable bonds is 3. The summed E-state index contributed by atoms with van der Waals surface area (Å²) >= 11 is 0. The molecule has 0 fully saturated rings. The Labute approximate surface area is 112 Å². The summed E-state index contributed by atoms with van der Waals surface area (Å²) < 4.78 is 5.18. The van der Waals surface area contributed by atoms with E-state index in [1.165, 1.54) is 0 Å². The summed E-state index contributed by atoms with van der Waals surface area (Å²) in [6.45, 7) is 1.94. The lowest BCUT2D eigenvalue weighted by Gasteiger charge is -2.12. The normalized spacial score (nSPS) is 9.79. The maximum absolute atomic E-state index is 11.9. The van der Waals surface area contributed by atoms with E-state index in [4.69, 9.17) is 4.74 Å². The Kier molecular flexibility index (Phi) is 4.03. The van der Waals surface area contributed by atoms with E-state index >= 15 is 0 Å². The Balaban J connectivity index is 2.08. The first-order valence-electron chi connectivity index (χ1n) is 5.97. The van der Waals surface area contributed by atoms with Crippen molar-refractivity contribution in [2.45, 2.75) is 6.92 Å². The van der Waals surface area contributed by atoms with Gasteiger partial charge in [0.25, 0.3) is 0 Å². The van der Waals surface area contributed by atoms with Crippen molar-refractivity contribution in [3.8, 4) is 5.75 Å². The molecular formula is C15H16N2O2. The molecule has 0 aliphatic heterocycles. The first-order chi connectivity index (χ1) is 9.20. The fourth-order valence-electron chi connectivity index (χ4n) is 1.74. The third-order valence-electron chi connectivity index (χ3n) is 2.75. The fraction of sp³-hybridized carbons (Fsp3) is 0.133. The molecule has 2 N–H and O–H groups in total. The average molecular weight is 256 g/mol. The van der Waals surface area contributed by atoms with Crippen LogP contribution in [0, 0.1) is 6.92 Å². The molecule has 0 saturated carbocycles. The molecule has 0 aromatic heterocycles. The second-order valence-corrected chi connectivity index (χ2v) is 4.09. The molecular weight excluding hydrogens is 240 g/mol. The SMILES string of the molecule is COc1ccccc1NC(=O)Nc1ccccc1C. The van der Waals surface area contributed by atoms with Gasteiger partial charge in [-0.3, -0.25) is 0 Å². The van der Waals surface area contributed by atoms with Gasteiger partial charge in [-0.05, 0) is 30.7 Å². The molecule has 2 amide bonds. The van der Waals surface area contributed by atoms with Crippen molar-refractivity contribution in [2.75, 3.05) is 17.7 Å². The highest BCUT2D eigenvalue weighted by Gasteiger charge is 2.07. The molecule has 0 spiro atoms. The van der Waals surface area contributed by atoms with Crippen molar-refractivity contribution in [2.24, 2.45) is 0 Å². The van der Waals surface area contributed by atoms with E-state index < -0.39 is 0 Å². The van der Waals surface area contributed by atoms with Crippen LogP contribution in [0.15, 0.2) is 48.5 Å². The molecule has 2 aromatic carbocycles. The summed E-state index contributed by atoms with van der Waals surface area (Å²) in [7, 11) is 1.57. The number of anilines is 2. The maximum Gasteiger partial charge on any atom is 0.323 e. The number of hydrogen-bond acceptors (Lipinski definition) is 2. The summed E-state index contributed by atoms with van der Waals surface area (Å²) in [5.74, 6) is 0.627. The number of carbonyl (C=O) groups excluding carboxylic acids is 1. The van der Waals surface area contributed by atoms with Crippen molar-refractivity contribution in [1.82, 2.24) is 0 Å². The van der Waals surface area contributed by atoms with E-state index in [0.29, 0.717) is 11.4 Å². The molecule has 0 unspecified atom stereocenters. The number of aryl methyl sites for hydroxylation is 1. The Morgan fingerprint density at radius 3 is 2.21 bits per heavy atom. The lowest BCUT2D eigenvalue weighted by Crippen LogP contribution is -2.20. The summed E-state index contributed by atoms with van der Waals surface area (Å²) in [5, 5.41) is 5.57. The monoisotopic (exact) mass is 256 g/mol. The molecule has 0 radical (unpaired) electrons. The van der Waals surface area contributed by atoms with E-state index in [1.54, 1.807) is 19.2 Å². The number of amides is 2. The van der Waals surface area contributed by atoms with Crippen LogP contribution in [0.25, 0.3) is 0 Å². The van der Waals surface area contributed by atoms with Crippen LogP contribution in [0.5, 0.6) is 5.75 Å². The van der Waals surface area contributed by atoms with Gasteiger partial charge < -0.3 is 15.4 Å². The van der Waals surface area contributed by atoms with E-state index in [1.807, 2.05) is 43.3 Å². The van der Waals surface area contributed by atoms with Crippen molar-refractivity contribution >= 4 is 17.4 Å². The molecule has 0 bridgehead atoms. The number of hydrogen-bond donors (Lipinski definition) is 2. The van der Waals surface area contributed by atoms with E-state index in [0.717, 1.165) is 11.3 Å². The van der Waals surface area contributed by atoms with Gasteiger partial charge in [-0.1, -0.05) is 30.3 Å². The molecule has 2 aromatic rings. The minimum Gasteiger partial charge on any atom is -0.495 e. The van der Waals surface area contributed by atoms with Gasteiger partial charge in [0.05, 0.1) is 12.8 Å². The van der Waals surface area contributed by atoms with Crippen LogP contribution in [0.4, 0.5) is 16.2 Å². The molecule has 0 atom stereocenters. The number of methoxy groups -OCH3 is 1. The molecule has 0 saturated heterocycles. The highest BCUT2D eigenvalue weighted by atomic mass is 16.5. The first-order valence-corrected chi connectivity index (χ1v) is 5.97. The highest BCUT2D eigenvalue weighted by Crippen LogP contribution is 2.23. The Bertz CT molecular complexity index is 582. The standard InChI is InChI=1S/C15H16N2O2/c1-11-7-3-4-8-12(11)16-15(18)17-13-9-5-6-10-14(13)19-2/h3-10H,1-2H3,(H2,16,17,18). The molecule has 0 heterocycles. The molecule has 4 heteroatoms. The fourth-order valence-corrected chi connectivity index (χ4v) is 1.74. The zero-order chi connectivity index (χ0) is 13.7. The molecule has 0 aliphatic rings. The zero-order valence-corrected chi connectivity index (χ0v) is 10.9. The number of benzene rings is 2. The van der Waals surface area contributed by atoms with Gasteiger partial charge in [-0.25, -0.2) is 4.79 Å². The predicted molar refractivity (Wildman–Crippen MR) is 76.8 cm³/mol. The van der Waals surface area contributed by atoms with Crippen LogP contribution < -0.4 is 15.4 Å². The van der Waals surface area contributed by atoms with Crippen molar-refractivity contribution in [3.63, 3.8) is 0 Å². The van der Waals surface area contributed by atoms with Gasteiger partial charge in [0, 0.05) is 5.69 Å². The molecule has 19 heavy (non-hydrogen) atoms. The Morgan fingerprint density at radius 2 is 1.53 bits per heavy atom. The molecule has 4 nitrogen and oxygen atoms in total. The van der Waals surface area contributed by atoms with Crippen LogP contribution in [0.2, 0.25) is 0 Å². The topological polar surface area (TPSA) is 50.4 Å². The summed E-state index contributed by atoms with van der Waals surface area (Å²) in [4.78, 5) is 11.9. The second-order valence-electron chi connectivity index (χ2n) is 4.09. The maximum atomic E-state index is 11.9. The van der Waals surface area contributed by atoms with Crippen LogP contribution in [-0.4, -0.2) is 13.1 Å². The van der Waals surface area contributed by atoms with Gasteiger partial charge in [0.15, 0.2) is 0 Å². The van der Waals surface area contributed by atoms with Crippen LogP contribution >= 0.6 is 0 Å². The van der Waals surface area contributed by atoms with Crippen LogP contribution in [0.1, 0.15) is 5.56 Å². The molecule has 0 aliphatic carbocycles. The van der Waals surface area contributed by atoms with Crippen molar-refractivity contribution in [3.05, 3.63) is 54.1 Å². The van der Waals surface area contributed by atoms with Crippen molar-refractivity contribution < 1.29 is 9.53 Å². The van der Waals surface area contributed by atoms with Crippen LogP contribution in [-0.2, 0) is 0 Å². The third kappa shape index (κ3) is 3.25. The van der Waals surface area contributed by atoms with Gasteiger partial charge in [-0.15, -0.1) is 0 Å². The molecule has 98 valence electrons. The third-order valence-corrected chi connectivity index (χ3v) is 2.75. The Hall–Kier alpha value is -2.49. The summed E-state index contributed by atoms with van der Waals surface area (Å²) in [6.07, 6.45) is 0. The van der Waals surface area contributed by atoms with Crippen LogP contribution in [0.3, 0.4) is 0 Å². The quantitative estimate of drug-likeness (QED) is 0.880.